The summed E-state index contributed by atoms with van der Waals surface area (Å²) in [4.78, 5) is 1.35. The van der Waals surface area contributed by atoms with Crippen LogP contribution in [0.5, 0.6) is 0 Å². The van der Waals surface area contributed by atoms with E-state index in [4.69, 9.17) is 5.73 Å². The highest BCUT2D eigenvalue weighted by atomic mass is 32.1. The van der Waals surface area contributed by atoms with Gasteiger partial charge in [-0.1, -0.05) is 24.3 Å². The first-order chi connectivity index (χ1) is 7.81. The molecule has 0 fully saturated rings. The number of rotatable bonds is 4. The lowest BCUT2D eigenvalue weighted by Crippen LogP contribution is -2.18. The zero-order valence-corrected chi connectivity index (χ0v) is 10.1. The molecular formula is C13H16N2S. The van der Waals surface area contributed by atoms with Crippen molar-refractivity contribution in [2.45, 2.75) is 12.5 Å². The Hall–Kier alpha value is -1.32. The monoisotopic (exact) mass is 232 g/mol. The normalized spacial score (nSPS) is 12.6. The third-order valence-electron chi connectivity index (χ3n) is 2.71. The third-order valence-corrected chi connectivity index (χ3v) is 3.70. The average molecular weight is 232 g/mol. The molecule has 0 aliphatic heterocycles. The molecule has 2 nitrogen and oxygen atoms in total. The lowest BCUT2D eigenvalue weighted by Gasteiger charge is -2.15. The molecule has 1 aromatic heterocycles. The highest BCUT2D eigenvalue weighted by molar-refractivity contribution is 7.10. The number of nitrogen functional groups attached to an aromatic ring is 1. The molecule has 1 atom stereocenters. The fraction of sp³-hybridized carbons (Fsp3) is 0.231. The molecule has 0 saturated heterocycles. The quantitative estimate of drug-likeness (QED) is 0.795. The van der Waals surface area contributed by atoms with Crippen LogP contribution in [0.1, 0.15) is 16.5 Å². The summed E-state index contributed by atoms with van der Waals surface area (Å²) in [6.45, 7) is 0. The zero-order valence-electron chi connectivity index (χ0n) is 9.31. The van der Waals surface area contributed by atoms with E-state index in [1.807, 2.05) is 25.2 Å². The van der Waals surface area contributed by atoms with Crippen molar-refractivity contribution in [3.05, 3.63) is 52.2 Å². The van der Waals surface area contributed by atoms with Gasteiger partial charge in [-0.05, 0) is 36.5 Å². The Bertz CT molecular complexity index is 437. The van der Waals surface area contributed by atoms with Crippen LogP contribution in [0.15, 0.2) is 41.8 Å². The van der Waals surface area contributed by atoms with Gasteiger partial charge in [0.05, 0.1) is 0 Å². The molecule has 2 aromatic rings. The van der Waals surface area contributed by atoms with E-state index in [1.165, 1.54) is 10.4 Å². The van der Waals surface area contributed by atoms with Crippen molar-refractivity contribution >= 4 is 17.0 Å². The van der Waals surface area contributed by atoms with Crippen molar-refractivity contribution < 1.29 is 0 Å². The van der Waals surface area contributed by atoms with Crippen molar-refractivity contribution in [1.82, 2.24) is 5.32 Å². The number of nitrogens with two attached hydrogens (primary N) is 1. The van der Waals surface area contributed by atoms with Gasteiger partial charge in [-0.3, -0.25) is 0 Å². The van der Waals surface area contributed by atoms with Gasteiger partial charge in [0.15, 0.2) is 0 Å². The van der Waals surface area contributed by atoms with Gasteiger partial charge in [0, 0.05) is 16.6 Å². The van der Waals surface area contributed by atoms with Crippen LogP contribution in [0.4, 0.5) is 5.69 Å². The van der Waals surface area contributed by atoms with Crippen LogP contribution in [0.2, 0.25) is 0 Å². The molecule has 0 amide bonds. The maximum atomic E-state index is 5.95. The standard InChI is InChI=1S/C13H16N2S/c1-15-12(13-7-4-8-16-13)9-10-5-2-3-6-11(10)14/h2-8,12,15H,9,14H2,1H3. The summed E-state index contributed by atoms with van der Waals surface area (Å²) in [6.07, 6.45) is 0.934. The largest absolute Gasteiger partial charge is 0.399 e. The maximum Gasteiger partial charge on any atom is 0.0454 e. The van der Waals surface area contributed by atoms with Gasteiger partial charge in [-0.15, -0.1) is 11.3 Å². The van der Waals surface area contributed by atoms with E-state index in [1.54, 1.807) is 11.3 Å². The lowest BCUT2D eigenvalue weighted by atomic mass is 10.0. The van der Waals surface area contributed by atoms with Gasteiger partial charge < -0.3 is 11.1 Å². The Morgan fingerprint density at radius 1 is 1.25 bits per heavy atom. The minimum Gasteiger partial charge on any atom is -0.399 e. The topological polar surface area (TPSA) is 38.0 Å². The fourth-order valence-corrected chi connectivity index (χ4v) is 2.61. The van der Waals surface area contributed by atoms with Gasteiger partial charge in [-0.25, -0.2) is 0 Å². The number of likely N-dealkylation sites (N-methyl/N-ethyl adjacent to an activating group) is 1. The molecule has 2 rings (SSSR count). The summed E-state index contributed by atoms with van der Waals surface area (Å²) in [7, 11) is 1.99. The first-order valence-corrected chi connectivity index (χ1v) is 6.23. The highest BCUT2D eigenvalue weighted by Gasteiger charge is 2.12. The second-order valence-electron chi connectivity index (χ2n) is 3.76. The van der Waals surface area contributed by atoms with E-state index in [0.29, 0.717) is 6.04 Å². The average Bonchev–Trinajstić information content (AvgIpc) is 2.81. The highest BCUT2D eigenvalue weighted by Crippen LogP contribution is 2.24. The summed E-state index contributed by atoms with van der Waals surface area (Å²) in [5.41, 5.74) is 8.03. The van der Waals surface area contributed by atoms with Gasteiger partial charge >= 0.3 is 0 Å². The molecule has 16 heavy (non-hydrogen) atoms. The van der Waals surface area contributed by atoms with E-state index in [9.17, 15) is 0 Å². The molecule has 0 aliphatic carbocycles. The molecule has 3 N–H and O–H groups in total. The number of hydrogen-bond donors (Lipinski definition) is 2. The number of hydrogen-bond acceptors (Lipinski definition) is 3. The second-order valence-corrected chi connectivity index (χ2v) is 4.74. The van der Waals surface area contributed by atoms with Crippen LogP contribution in [-0.4, -0.2) is 7.05 Å². The van der Waals surface area contributed by atoms with Crippen LogP contribution >= 0.6 is 11.3 Å². The van der Waals surface area contributed by atoms with E-state index >= 15 is 0 Å². The molecule has 1 heterocycles. The van der Waals surface area contributed by atoms with Crippen molar-refractivity contribution in [1.29, 1.82) is 0 Å². The minimum atomic E-state index is 0.352. The molecule has 0 radical (unpaired) electrons. The van der Waals surface area contributed by atoms with Crippen LogP contribution in [0.25, 0.3) is 0 Å². The Morgan fingerprint density at radius 3 is 2.69 bits per heavy atom. The number of para-hydroxylation sites is 1. The SMILES string of the molecule is CNC(Cc1ccccc1N)c1cccs1. The van der Waals surface area contributed by atoms with E-state index < -0.39 is 0 Å². The zero-order chi connectivity index (χ0) is 11.4. The summed E-state index contributed by atoms with van der Waals surface area (Å²) in [5.74, 6) is 0. The van der Waals surface area contributed by atoms with Gasteiger partial charge in [0.25, 0.3) is 0 Å². The molecule has 0 spiro atoms. The Morgan fingerprint density at radius 2 is 2.06 bits per heavy atom. The fourth-order valence-electron chi connectivity index (χ4n) is 1.77. The van der Waals surface area contributed by atoms with Crippen molar-refractivity contribution in [3.8, 4) is 0 Å². The van der Waals surface area contributed by atoms with Crippen LogP contribution in [0.3, 0.4) is 0 Å². The van der Waals surface area contributed by atoms with Crippen molar-refractivity contribution in [2.24, 2.45) is 0 Å². The van der Waals surface area contributed by atoms with Gasteiger partial charge in [0.1, 0.15) is 0 Å². The summed E-state index contributed by atoms with van der Waals surface area (Å²) < 4.78 is 0. The predicted molar refractivity (Wildman–Crippen MR) is 70.7 cm³/mol. The van der Waals surface area contributed by atoms with E-state index in [2.05, 4.69) is 28.9 Å². The molecule has 1 aromatic carbocycles. The number of thiophene rings is 1. The maximum absolute atomic E-state index is 5.95. The molecule has 0 aliphatic rings. The summed E-state index contributed by atoms with van der Waals surface area (Å²) >= 11 is 1.78. The first kappa shape index (κ1) is 11.2. The molecule has 1 unspecified atom stereocenters. The first-order valence-electron chi connectivity index (χ1n) is 5.35. The Balaban J connectivity index is 2.17. The second kappa shape index (κ2) is 5.14. The molecule has 84 valence electrons. The molecular weight excluding hydrogens is 216 g/mol. The van der Waals surface area contributed by atoms with Crippen molar-refractivity contribution in [2.75, 3.05) is 12.8 Å². The molecule has 0 saturated carbocycles. The minimum absolute atomic E-state index is 0.352. The molecule has 0 bridgehead atoms. The van der Waals surface area contributed by atoms with Gasteiger partial charge in [-0.2, -0.15) is 0 Å². The lowest BCUT2D eigenvalue weighted by molar-refractivity contribution is 0.603. The van der Waals surface area contributed by atoms with Crippen LogP contribution < -0.4 is 11.1 Å². The summed E-state index contributed by atoms with van der Waals surface area (Å²) in [6, 6.07) is 12.6. The molecule has 3 heteroatoms. The van der Waals surface area contributed by atoms with Crippen molar-refractivity contribution in [3.63, 3.8) is 0 Å². The number of anilines is 1. The van der Waals surface area contributed by atoms with E-state index in [0.717, 1.165) is 12.1 Å². The third kappa shape index (κ3) is 2.43. The Kier molecular flexibility index (Phi) is 3.59. The van der Waals surface area contributed by atoms with E-state index in [-0.39, 0.29) is 0 Å². The van der Waals surface area contributed by atoms with Crippen LogP contribution in [0, 0.1) is 0 Å². The Labute approximate surface area is 100 Å². The van der Waals surface area contributed by atoms with Gasteiger partial charge in [0.2, 0.25) is 0 Å². The van der Waals surface area contributed by atoms with Crippen LogP contribution in [-0.2, 0) is 6.42 Å². The smallest absolute Gasteiger partial charge is 0.0454 e. The number of nitrogens with one attached hydrogen (secondary N) is 1. The number of benzene rings is 1. The predicted octanol–water partition coefficient (Wildman–Crippen LogP) is 2.83. The summed E-state index contributed by atoms with van der Waals surface area (Å²) in [5, 5.41) is 5.44.